The van der Waals surface area contributed by atoms with E-state index < -0.39 is 0 Å². The van der Waals surface area contributed by atoms with Crippen LogP contribution in [0.4, 0.5) is 0 Å². The minimum absolute atomic E-state index is 0.138. The average molecular weight is 218 g/mol. The molecule has 1 fully saturated rings. The van der Waals surface area contributed by atoms with Crippen LogP contribution in [0.15, 0.2) is 11.1 Å². The van der Waals surface area contributed by atoms with E-state index in [-0.39, 0.29) is 6.23 Å². The fourth-order valence-electron chi connectivity index (χ4n) is 1.20. The van der Waals surface area contributed by atoms with E-state index in [0.717, 1.165) is 24.2 Å². The molecule has 1 aromatic heterocycles. The van der Waals surface area contributed by atoms with Gasteiger partial charge in [0.25, 0.3) is 0 Å². The molecule has 2 rings (SSSR count). The molecule has 1 unspecified atom stereocenters. The van der Waals surface area contributed by atoms with E-state index >= 15 is 0 Å². The standard InChI is InChI=1S/C6H8BrN3O/c7-6-9-8-4-10(6)5-2-1-3-11-5/h4-5H,1-3H2. The topological polar surface area (TPSA) is 39.9 Å². The third-order valence-corrected chi connectivity index (χ3v) is 2.31. The summed E-state index contributed by atoms with van der Waals surface area (Å²) in [5, 5.41) is 7.56. The fraction of sp³-hybridized carbons (Fsp3) is 0.667. The van der Waals surface area contributed by atoms with Crippen molar-refractivity contribution in [2.45, 2.75) is 19.1 Å². The van der Waals surface area contributed by atoms with Gasteiger partial charge >= 0.3 is 0 Å². The molecule has 0 saturated carbocycles. The van der Waals surface area contributed by atoms with E-state index in [0.29, 0.717) is 0 Å². The van der Waals surface area contributed by atoms with Crippen molar-refractivity contribution in [3.05, 3.63) is 11.1 Å². The average Bonchev–Trinajstić information content (AvgIpc) is 2.55. The lowest BCUT2D eigenvalue weighted by Gasteiger charge is -2.09. The number of hydrogen-bond donors (Lipinski definition) is 0. The lowest BCUT2D eigenvalue weighted by atomic mass is 10.3. The zero-order valence-corrected chi connectivity index (χ0v) is 7.49. The maximum Gasteiger partial charge on any atom is 0.202 e. The number of rotatable bonds is 1. The second-order valence-electron chi connectivity index (χ2n) is 2.47. The first-order chi connectivity index (χ1) is 5.38. The third kappa shape index (κ3) is 1.30. The van der Waals surface area contributed by atoms with Crippen LogP contribution in [0.2, 0.25) is 0 Å². The van der Waals surface area contributed by atoms with Gasteiger partial charge in [0.2, 0.25) is 4.73 Å². The number of halogens is 1. The molecule has 60 valence electrons. The highest BCUT2D eigenvalue weighted by Gasteiger charge is 2.18. The van der Waals surface area contributed by atoms with Crippen molar-refractivity contribution in [3.8, 4) is 0 Å². The van der Waals surface area contributed by atoms with Crippen molar-refractivity contribution in [2.24, 2.45) is 0 Å². The Morgan fingerprint density at radius 1 is 1.73 bits per heavy atom. The minimum atomic E-state index is 0.138. The van der Waals surface area contributed by atoms with Gasteiger partial charge in [-0.15, -0.1) is 10.2 Å². The van der Waals surface area contributed by atoms with Crippen molar-refractivity contribution >= 4 is 15.9 Å². The van der Waals surface area contributed by atoms with Crippen molar-refractivity contribution in [2.75, 3.05) is 6.61 Å². The third-order valence-electron chi connectivity index (χ3n) is 1.75. The van der Waals surface area contributed by atoms with Gasteiger partial charge in [-0.05, 0) is 28.8 Å². The monoisotopic (exact) mass is 217 g/mol. The second-order valence-corrected chi connectivity index (χ2v) is 3.18. The molecule has 1 aromatic rings. The Hall–Kier alpha value is -0.420. The molecule has 0 aliphatic carbocycles. The van der Waals surface area contributed by atoms with E-state index in [1.165, 1.54) is 0 Å². The number of aromatic nitrogens is 3. The van der Waals surface area contributed by atoms with Gasteiger partial charge in [0.05, 0.1) is 0 Å². The molecular weight excluding hydrogens is 210 g/mol. The SMILES string of the molecule is Brc1nncn1C1CCCO1. The summed E-state index contributed by atoms with van der Waals surface area (Å²) in [4.78, 5) is 0. The molecule has 0 N–H and O–H groups in total. The highest BCUT2D eigenvalue weighted by molar-refractivity contribution is 9.10. The molecule has 0 bridgehead atoms. The van der Waals surface area contributed by atoms with Gasteiger partial charge in [0.15, 0.2) is 0 Å². The number of nitrogens with zero attached hydrogens (tertiary/aromatic N) is 3. The molecule has 0 spiro atoms. The summed E-state index contributed by atoms with van der Waals surface area (Å²) in [6.45, 7) is 0.843. The first kappa shape index (κ1) is 7.24. The Morgan fingerprint density at radius 3 is 3.18 bits per heavy atom. The van der Waals surface area contributed by atoms with E-state index in [2.05, 4.69) is 26.1 Å². The molecule has 2 heterocycles. The van der Waals surface area contributed by atoms with Gasteiger partial charge in [-0.25, -0.2) is 0 Å². The predicted octanol–water partition coefficient (Wildman–Crippen LogP) is 1.35. The number of hydrogen-bond acceptors (Lipinski definition) is 3. The Kier molecular flexibility index (Phi) is 1.91. The van der Waals surface area contributed by atoms with Gasteiger partial charge in [-0.2, -0.15) is 0 Å². The van der Waals surface area contributed by atoms with Crippen LogP contribution < -0.4 is 0 Å². The molecule has 1 saturated heterocycles. The molecule has 1 atom stereocenters. The Labute approximate surface area is 72.7 Å². The first-order valence-electron chi connectivity index (χ1n) is 3.54. The van der Waals surface area contributed by atoms with Gasteiger partial charge in [0, 0.05) is 6.61 Å². The highest BCUT2D eigenvalue weighted by atomic mass is 79.9. The van der Waals surface area contributed by atoms with Gasteiger partial charge in [0.1, 0.15) is 12.6 Å². The van der Waals surface area contributed by atoms with Gasteiger partial charge in [-0.1, -0.05) is 0 Å². The molecule has 1 aliphatic heterocycles. The van der Waals surface area contributed by atoms with Crippen LogP contribution in [0.3, 0.4) is 0 Å². The first-order valence-corrected chi connectivity index (χ1v) is 4.34. The molecule has 0 aromatic carbocycles. The zero-order chi connectivity index (χ0) is 7.68. The van der Waals surface area contributed by atoms with Gasteiger partial charge < -0.3 is 4.74 Å². The Morgan fingerprint density at radius 2 is 2.64 bits per heavy atom. The molecule has 0 amide bonds. The zero-order valence-electron chi connectivity index (χ0n) is 5.90. The summed E-state index contributed by atoms with van der Waals surface area (Å²) in [5.74, 6) is 0. The Balaban J connectivity index is 2.21. The van der Waals surface area contributed by atoms with Crippen LogP contribution in [0.25, 0.3) is 0 Å². The van der Waals surface area contributed by atoms with Crippen LogP contribution in [-0.4, -0.2) is 21.4 Å². The molecular formula is C6H8BrN3O. The fourth-order valence-corrected chi connectivity index (χ4v) is 1.61. The van der Waals surface area contributed by atoms with Crippen LogP contribution in [-0.2, 0) is 4.74 Å². The van der Waals surface area contributed by atoms with Crippen LogP contribution in [0.5, 0.6) is 0 Å². The number of ether oxygens (including phenoxy) is 1. The maximum absolute atomic E-state index is 5.43. The van der Waals surface area contributed by atoms with Gasteiger partial charge in [-0.3, -0.25) is 4.57 Å². The van der Waals surface area contributed by atoms with Crippen molar-refractivity contribution in [3.63, 3.8) is 0 Å². The van der Waals surface area contributed by atoms with E-state index in [1.54, 1.807) is 6.33 Å². The van der Waals surface area contributed by atoms with Crippen molar-refractivity contribution in [1.29, 1.82) is 0 Å². The Bertz CT molecular complexity index is 244. The summed E-state index contributed by atoms with van der Waals surface area (Å²) in [6.07, 6.45) is 3.99. The highest BCUT2D eigenvalue weighted by Crippen LogP contribution is 2.24. The molecule has 11 heavy (non-hydrogen) atoms. The van der Waals surface area contributed by atoms with E-state index in [9.17, 15) is 0 Å². The molecule has 5 heteroatoms. The van der Waals surface area contributed by atoms with Crippen LogP contribution in [0, 0.1) is 0 Å². The second kappa shape index (κ2) is 2.91. The van der Waals surface area contributed by atoms with Crippen LogP contribution in [0.1, 0.15) is 19.1 Å². The summed E-state index contributed by atoms with van der Waals surface area (Å²) >= 11 is 3.29. The lowest BCUT2D eigenvalue weighted by Crippen LogP contribution is -2.05. The minimum Gasteiger partial charge on any atom is -0.358 e. The van der Waals surface area contributed by atoms with E-state index in [4.69, 9.17) is 4.74 Å². The predicted molar refractivity (Wildman–Crippen MR) is 41.9 cm³/mol. The molecule has 0 radical (unpaired) electrons. The quantitative estimate of drug-likeness (QED) is 0.714. The summed E-state index contributed by atoms with van der Waals surface area (Å²) in [7, 11) is 0. The molecule has 4 nitrogen and oxygen atoms in total. The molecule has 1 aliphatic rings. The van der Waals surface area contributed by atoms with Crippen molar-refractivity contribution in [1.82, 2.24) is 14.8 Å². The normalized spacial score (nSPS) is 24.3. The smallest absolute Gasteiger partial charge is 0.202 e. The van der Waals surface area contributed by atoms with Crippen LogP contribution >= 0.6 is 15.9 Å². The summed E-state index contributed by atoms with van der Waals surface area (Å²) in [6, 6.07) is 0. The lowest BCUT2D eigenvalue weighted by molar-refractivity contribution is 0.0545. The van der Waals surface area contributed by atoms with Crippen molar-refractivity contribution < 1.29 is 4.74 Å². The summed E-state index contributed by atoms with van der Waals surface area (Å²) < 4.78 is 8.07. The summed E-state index contributed by atoms with van der Waals surface area (Å²) in [5.41, 5.74) is 0. The van der Waals surface area contributed by atoms with E-state index in [1.807, 2.05) is 4.57 Å². The maximum atomic E-state index is 5.43. The largest absolute Gasteiger partial charge is 0.358 e.